The lowest BCUT2D eigenvalue weighted by molar-refractivity contribution is 0.127. The first-order valence-electron chi connectivity index (χ1n) is 8.72. The summed E-state index contributed by atoms with van der Waals surface area (Å²) < 4.78 is 0. The maximum Gasteiger partial charge on any atom is 0.00678 e. The van der Waals surface area contributed by atoms with Gasteiger partial charge in [0.05, 0.1) is 0 Å². The first-order chi connectivity index (χ1) is 9.26. The average molecular weight is 264 g/mol. The van der Waals surface area contributed by atoms with E-state index in [1.54, 1.807) is 25.7 Å². The molecule has 4 unspecified atom stereocenters. The summed E-state index contributed by atoms with van der Waals surface area (Å²) in [5.74, 6) is 4.18. The minimum Gasteiger partial charge on any atom is -0.314 e. The molecule has 1 aliphatic heterocycles. The lowest BCUT2D eigenvalue weighted by atomic mass is 9.86. The number of nitrogens with zero attached hydrogens (tertiary/aromatic N) is 1. The molecule has 2 heteroatoms. The Kier molecular flexibility index (Phi) is 4.48. The molecule has 0 aromatic carbocycles. The fourth-order valence-electron chi connectivity index (χ4n) is 5.06. The molecule has 1 N–H and O–H groups in total. The Morgan fingerprint density at radius 1 is 1.11 bits per heavy atom. The SMILES string of the molecule is CCNC(C)C1CCN(CC2CC3CCC2C3)CC1. The number of piperidine rings is 1. The van der Waals surface area contributed by atoms with Gasteiger partial charge in [-0.2, -0.15) is 0 Å². The largest absolute Gasteiger partial charge is 0.314 e. The van der Waals surface area contributed by atoms with Crippen LogP contribution >= 0.6 is 0 Å². The molecule has 110 valence electrons. The van der Waals surface area contributed by atoms with Gasteiger partial charge in [-0.05, 0) is 82.3 Å². The summed E-state index contributed by atoms with van der Waals surface area (Å²) in [4.78, 5) is 2.78. The van der Waals surface area contributed by atoms with E-state index in [1.165, 1.54) is 32.5 Å². The number of rotatable bonds is 5. The lowest BCUT2D eigenvalue weighted by Crippen LogP contribution is -2.43. The highest BCUT2D eigenvalue weighted by Gasteiger charge is 2.40. The van der Waals surface area contributed by atoms with Gasteiger partial charge in [0.2, 0.25) is 0 Å². The zero-order valence-corrected chi connectivity index (χ0v) is 12.9. The minimum absolute atomic E-state index is 0.717. The second-order valence-electron chi connectivity index (χ2n) is 7.42. The fourth-order valence-corrected chi connectivity index (χ4v) is 5.06. The van der Waals surface area contributed by atoms with Gasteiger partial charge in [-0.3, -0.25) is 0 Å². The molecule has 0 radical (unpaired) electrons. The van der Waals surface area contributed by atoms with Crippen LogP contribution in [0.5, 0.6) is 0 Å². The van der Waals surface area contributed by atoms with Crippen molar-refractivity contribution < 1.29 is 0 Å². The number of likely N-dealkylation sites (tertiary alicyclic amines) is 1. The van der Waals surface area contributed by atoms with Gasteiger partial charge in [0, 0.05) is 12.6 Å². The number of hydrogen-bond acceptors (Lipinski definition) is 2. The van der Waals surface area contributed by atoms with Crippen molar-refractivity contribution in [2.75, 3.05) is 26.2 Å². The summed E-state index contributed by atoms with van der Waals surface area (Å²) in [5.41, 5.74) is 0. The Labute approximate surface area is 119 Å². The standard InChI is InChI=1S/C17H32N2/c1-3-18-13(2)15-6-8-19(9-7-15)12-17-11-14-4-5-16(17)10-14/h13-18H,3-12H2,1-2H3. The van der Waals surface area contributed by atoms with E-state index in [-0.39, 0.29) is 0 Å². The summed E-state index contributed by atoms with van der Waals surface area (Å²) >= 11 is 0. The normalized spacial score (nSPS) is 37.9. The van der Waals surface area contributed by atoms with Crippen LogP contribution in [0.1, 0.15) is 52.4 Å². The maximum absolute atomic E-state index is 3.61. The number of fused-ring (bicyclic) bond motifs is 2. The van der Waals surface area contributed by atoms with Gasteiger partial charge in [-0.1, -0.05) is 13.3 Å². The Bertz CT molecular complexity index is 283. The molecule has 0 aromatic rings. The molecule has 4 atom stereocenters. The Balaban J connectivity index is 1.41. The van der Waals surface area contributed by atoms with Gasteiger partial charge in [0.1, 0.15) is 0 Å². The molecule has 2 aliphatic carbocycles. The highest BCUT2D eigenvalue weighted by Crippen LogP contribution is 2.48. The van der Waals surface area contributed by atoms with Crippen LogP contribution in [0.2, 0.25) is 0 Å². The van der Waals surface area contributed by atoms with Crippen molar-refractivity contribution in [1.82, 2.24) is 10.2 Å². The van der Waals surface area contributed by atoms with Crippen LogP contribution in [-0.2, 0) is 0 Å². The highest BCUT2D eigenvalue weighted by atomic mass is 15.1. The van der Waals surface area contributed by atoms with Crippen molar-refractivity contribution in [3.8, 4) is 0 Å². The molecule has 3 fully saturated rings. The van der Waals surface area contributed by atoms with Crippen molar-refractivity contribution in [3.63, 3.8) is 0 Å². The topological polar surface area (TPSA) is 15.3 Å². The Morgan fingerprint density at radius 2 is 1.89 bits per heavy atom. The van der Waals surface area contributed by atoms with Gasteiger partial charge < -0.3 is 10.2 Å². The van der Waals surface area contributed by atoms with Gasteiger partial charge in [0.15, 0.2) is 0 Å². The van der Waals surface area contributed by atoms with Gasteiger partial charge >= 0.3 is 0 Å². The van der Waals surface area contributed by atoms with Crippen LogP contribution in [0.3, 0.4) is 0 Å². The van der Waals surface area contributed by atoms with Crippen LogP contribution < -0.4 is 5.32 Å². The first-order valence-corrected chi connectivity index (χ1v) is 8.72. The van der Waals surface area contributed by atoms with E-state index < -0.39 is 0 Å². The molecule has 0 amide bonds. The molecular weight excluding hydrogens is 232 g/mol. The van der Waals surface area contributed by atoms with Crippen LogP contribution in [0, 0.1) is 23.7 Å². The van der Waals surface area contributed by atoms with Crippen LogP contribution in [-0.4, -0.2) is 37.1 Å². The zero-order valence-electron chi connectivity index (χ0n) is 12.9. The predicted octanol–water partition coefficient (Wildman–Crippen LogP) is 3.13. The van der Waals surface area contributed by atoms with Crippen molar-refractivity contribution in [1.29, 1.82) is 0 Å². The average Bonchev–Trinajstić information content (AvgIpc) is 3.02. The van der Waals surface area contributed by atoms with E-state index in [0.717, 1.165) is 36.3 Å². The second-order valence-corrected chi connectivity index (χ2v) is 7.42. The summed E-state index contributed by atoms with van der Waals surface area (Å²) in [6, 6.07) is 0.717. The lowest BCUT2D eigenvalue weighted by Gasteiger charge is -2.37. The fraction of sp³-hybridized carbons (Fsp3) is 1.00. The van der Waals surface area contributed by atoms with Gasteiger partial charge in [0.25, 0.3) is 0 Å². The van der Waals surface area contributed by atoms with Crippen molar-refractivity contribution >= 4 is 0 Å². The van der Waals surface area contributed by atoms with Crippen LogP contribution in [0.4, 0.5) is 0 Å². The molecule has 2 saturated carbocycles. The predicted molar refractivity (Wildman–Crippen MR) is 81.2 cm³/mol. The third-order valence-corrected chi connectivity index (χ3v) is 6.24. The highest BCUT2D eigenvalue weighted by molar-refractivity contribution is 4.92. The molecule has 19 heavy (non-hydrogen) atoms. The second kappa shape index (κ2) is 6.13. The minimum atomic E-state index is 0.717. The monoisotopic (exact) mass is 264 g/mol. The first kappa shape index (κ1) is 13.9. The maximum atomic E-state index is 3.61. The molecule has 0 aromatic heterocycles. The molecule has 3 rings (SSSR count). The summed E-state index contributed by atoms with van der Waals surface area (Å²) in [7, 11) is 0. The Hall–Kier alpha value is -0.0800. The molecule has 2 bridgehead atoms. The van der Waals surface area contributed by atoms with Crippen LogP contribution in [0.15, 0.2) is 0 Å². The molecule has 0 spiro atoms. The molecule has 3 aliphatic rings. The van der Waals surface area contributed by atoms with E-state index in [1.807, 2.05) is 0 Å². The van der Waals surface area contributed by atoms with E-state index in [0.29, 0.717) is 0 Å². The van der Waals surface area contributed by atoms with Crippen molar-refractivity contribution in [2.45, 2.75) is 58.4 Å². The molecule has 1 heterocycles. The van der Waals surface area contributed by atoms with Gasteiger partial charge in [-0.25, -0.2) is 0 Å². The third kappa shape index (κ3) is 3.16. The van der Waals surface area contributed by atoms with Crippen LogP contribution in [0.25, 0.3) is 0 Å². The van der Waals surface area contributed by atoms with E-state index in [9.17, 15) is 0 Å². The molecule has 2 nitrogen and oxygen atoms in total. The number of hydrogen-bond donors (Lipinski definition) is 1. The van der Waals surface area contributed by atoms with Gasteiger partial charge in [-0.15, -0.1) is 0 Å². The third-order valence-electron chi connectivity index (χ3n) is 6.24. The smallest absolute Gasteiger partial charge is 0.00678 e. The summed E-state index contributed by atoms with van der Waals surface area (Å²) in [5, 5.41) is 3.61. The molecular formula is C17H32N2. The summed E-state index contributed by atoms with van der Waals surface area (Å²) in [6.07, 6.45) is 9.04. The molecule has 1 saturated heterocycles. The zero-order chi connectivity index (χ0) is 13.2. The summed E-state index contributed by atoms with van der Waals surface area (Å²) in [6.45, 7) is 9.85. The quantitative estimate of drug-likeness (QED) is 0.821. The number of nitrogens with one attached hydrogen (secondary N) is 1. The Morgan fingerprint density at radius 3 is 2.47 bits per heavy atom. The van der Waals surface area contributed by atoms with E-state index in [2.05, 4.69) is 24.1 Å². The van der Waals surface area contributed by atoms with Crippen molar-refractivity contribution in [3.05, 3.63) is 0 Å². The van der Waals surface area contributed by atoms with Crippen molar-refractivity contribution in [2.24, 2.45) is 23.7 Å². The van der Waals surface area contributed by atoms with E-state index in [4.69, 9.17) is 0 Å². The van der Waals surface area contributed by atoms with E-state index >= 15 is 0 Å².